The molecule has 1 saturated carbocycles. The number of nitrogens with zero attached hydrogens (tertiary/aromatic N) is 2. The molecule has 0 aromatic carbocycles. The Kier molecular flexibility index (Phi) is 5.46. The van der Waals surface area contributed by atoms with E-state index in [9.17, 15) is 13.2 Å². The van der Waals surface area contributed by atoms with Gasteiger partial charge in [-0.3, -0.25) is 0 Å². The van der Waals surface area contributed by atoms with Gasteiger partial charge >= 0.3 is 6.18 Å². The molecule has 8 heteroatoms. The van der Waals surface area contributed by atoms with E-state index in [4.69, 9.17) is 0 Å². The third-order valence-corrected chi connectivity index (χ3v) is 2.86. The van der Waals surface area contributed by atoms with E-state index in [1.165, 1.54) is 12.3 Å². The standard InChI is InChI=1S/C14H19F3N4O/c1-2-18-13(21-11-4-5-11)20-8-10-3-6-12(19-7-10)22-9-14(15,16)17/h3,6-7,11H,2,4-5,8-9H2,1H3,(H2,18,20,21). The van der Waals surface area contributed by atoms with Gasteiger partial charge in [0.1, 0.15) is 0 Å². The summed E-state index contributed by atoms with van der Waals surface area (Å²) in [7, 11) is 0. The largest absolute Gasteiger partial charge is 0.468 e. The molecular weight excluding hydrogens is 297 g/mol. The molecule has 0 spiro atoms. The molecule has 5 nitrogen and oxygen atoms in total. The number of halogens is 3. The highest BCUT2D eigenvalue weighted by Crippen LogP contribution is 2.19. The van der Waals surface area contributed by atoms with Crippen molar-refractivity contribution < 1.29 is 17.9 Å². The highest BCUT2D eigenvalue weighted by Gasteiger charge is 2.28. The lowest BCUT2D eigenvalue weighted by Gasteiger charge is -2.10. The van der Waals surface area contributed by atoms with Gasteiger partial charge in [-0.1, -0.05) is 6.07 Å². The van der Waals surface area contributed by atoms with Crippen molar-refractivity contribution in [2.75, 3.05) is 13.2 Å². The first-order valence-electron chi connectivity index (χ1n) is 7.15. The van der Waals surface area contributed by atoms with Crippen LogP contribution in [0.3, 0.4) is 0 Å². The maximum absolute atomic E-state index is 12.0. The lowest BCUT2D eigenvalue weighted by molar-refractivity contribution is -0.154. The average Bonchev–Trinajstić information content (AvgIpc) is 3.27. The zero-order valence-electron chi connectivity index (χ0n) is 12.3. The van der Waals surface area contributed by atoms with E-state index >= 15 is 0 Å². The van der Waals surface area contributed by atoms with Gasteiger partial charge in [0.2, 0.25) is 5.88 Å². The fourth-order valence-corrected chi connectivity index (χ4v) is 1.66. The number of guanidine groups is 1. The van der Waals surface area contributed by atoms with Crippen molar-refractivity contribution in [3.63, 3.8) is 0 Å². The van der Waals surface area contributed by atoms with E-state index in [-0.39, 0.29) is 5.88 Å². The van der Waals surface area contributed by atoms with Crippen LogP contribution >= 0.6 is 0 Å². The summed E-state index contributed by atoms with van der Waals surface area (Å²) in [4.78, 5) is 8.26. The van der Waals surface area contributed by atoms with Gasteiger partial charge in [0.05, 0.1) is 6.54 Å². The SMILES string of the molecule is CCNC(=NCc1ccc(OCC(F)(F)F)nc1)NC1CC1. The van der Waals surface area contributed by atoms with Gasteiger partial charge in [0.25, 0.3) is 0 Å². The minimum atomic E-state index is -4.36. The lowest BCUT2D eigenvalue weighted by atomic mass is 10.3. The fourth-order valence-electron chi connectivity index (χ4n) is 1.66. The molecule has 0 atom stereocenters. The van der Waals surface area contributed by atoms with E-state index in [1.54, 1.807) is 6.07 Å². The highest BCUT2D eigenvalue weighted by atomic mass is 19.4. The molecule has 0 bridgehead atoms. The average molecular weight is 316 g/mol. The molecule has 2 N–H and O–H groups in total. The second-order valence-corrected chi connectivity index (χ2v) is 5.02. The quantitative estimate of drug-likeness (QED) is 0.624. The molecule has 1 fully saturated rings. The Morgan fingerprint density at radius 2 is 2.18 bits per heavy atom. The normalized spacial score (nSPS) is 15.5. The number of pyridine rings is 1. The molecule has 0 radical (unpaired) electrons. The first-order valence-corrected chi connectivity index (χ1v) is 7.15. The molecule has 1 aromatic rings. The molecule has 2 rings (SSSR count). The number of ether oxygens (including phenoxy) is 1. The number of hydrogen-bond acceptors (Lipinski definition) is 3. The zero-order valence-corrected chi connectivity index (χ0v) is 12.3. The van der Waals surface area contributed by atoms with Crippen LogP contribution in [0.4, 0.5) is 13.2 Å². The van der Waals surface area contributed by atoms with Crippen molar-refractivity contribution in [3.8, 4) is 5.88 Å². The Labute approximate surface area is 127 Å². The Morgan fingerprint density at radius 1 is 1.41 bits per heavy atom. The summed E-state index contributed by atoms with van der Waals surface area (Å²) in [5.74, 6) is 0.690. The lowest BCUT2D eigenvalue weighted by Crippen LogP contribution is -2.38. The number of nitrogens with one attached hydrogen (secondary N) is 2. The van der Waals surface area contributed by atoms with E-state index in [2.05, 4.69) is 25.3 Å². The summed E-state index contributed by atoms with van der Waals surface area (Å²) in [6, 6.07) is 3.56. The number of hydrogen-bond donors (Lipinski definition) is 2. The van der Waals surface area contributed by atoms with Crippen molar-refractivity contribution >= 4 is 5.96 Å². The molecule has 1 heterocycles. The molecule has 122 valence electrons. The van der Waals surface area contributed by atoms with Gasteiger partial charge in [-0.05, 0) is 25.3 Å². The molecule has 1 aliphatic carbocycles. The maximum atomic E-state index is 12.0. The molecule has 0 amide bonds. The van der Waals surface area contributed by atoms with E-state index in [1.807, 2.05) is 6.92 Å². The van der Waals surface area contributed by atoms with E-state index < -0.39 is 12.8 Å². The Hall–Kier alpha value is -1.99. The van der Waals surface area contributed by atoms with Crippen molar-refractivity contribution in [1.82, 2.24) is 15.6 Å². The Morgan fingerprint density at radius 3 is 2.73 bits per heavy atom. The second-order valence-electron chi connectivity index (χ2n) is 5.02. The summed E-state index contributed by atoms with van der Waals surface area (Å²) in [6.45, 7) is 1.81. The third-order valence-electron chi connectivity index (χ3n) is 2.86. The van der Waals surface area contributed by atoms with Crippen molar-refractivity contribution in [2.45, 2.75) is 38.5 Å². The summed E-state index contributed by atoms with van der Waals surface area (Å²) < 4.78 is 40.6. The van der Waals surface area contributed by atoms with Gasteiger partial charge in [0, 0.05) is 24.8 Å². The van der Waals surface area contributed by atoms with E-state index in [0.717, 1.165) is 30.9 Å². The molecule has 0 unspecified atom stereocenters. The zero-order chi connectivity index (χ0) is 16.0. The molecule has 22 heavy (non-hydrogen) atoms. The van der Waals surface area contributed by atoms with Gasteiger partial charge in [-0.15, -0.1) is 0 Å². The van der Waals surface area contributed by atoms with Crippen molar-refractivity contribution in [3.05, 3.63) is 23.9 Å². The van der Waals surface area contributed by atoms with Crippen LogP contribution in [0, 0.1) is 0 Å². The molecular formula is C14H19F3N4O. The van der Waals surface area contributed by atoms with Crippen LogP contribution in [0.5, 0.6) is 5.88 Å². The number of aliphatic imine (C=N–C) groups is 1. The molecule has 0 saturated heterocycles. The van der Waals surface area contributed by atoms with Gasteiger partial charge in [-0.25, -0.2) is 9.98 Å². The minimum Gasteiger partial charge on any atom is -0.468 e. The van der Waals surface area contributed by atoms with Crippen LogP contribution in [-0.4, -0.2) is 36.3 Å². The first kappa shape index (κ1) is 16.4. The smallest absolute Gasteiger partial charge is 0.422 e. The van der Waals surface area contributed by atoms with Crippen LogP contribution in [0.2, 0.25) is 0 Å². The van der Waals surface area contributed by atoms with Crippen LogP contribution in [0.1, 0.15) is 25.3 Å². The van der Waals surface area contributed by atoms with Gasteiger partial charge in [0.15, 0.2) is 12.6 Å². The molecule has 1 aromatic heterocycles. The molecule has 1 aliphatic rings. The highest BCUT2D eigenvalue weighted by molar-refractivity contribution is 5.80. The first-order chi connectivity index (χ1) is 10.5. The van der Waals surface area contributed by atoms with Gasteiger partial charge < -0.3 is 15.4 Å². The summed E-state index contributed by atoms with van der Waals surface area (Å²) in [5, 5.41) is 6.42. The summed E-state index contributed by atoms with van der Waals surface area (Å²) in [5.41, 5.74) is 0.798. The van der Waals surface area contributed by atoms with Crippen molar-refractivity contribution in [1.29, 1.82) is 0 Å². The van der Waals surface area contributed by atoms with Crippen LogP contribution < -0.4 is 15.4 Å². The fraction of sp³-hybridized carbons (Fsp3) is 0.571. The number of aromatic nitrogens is 1. The maximum Gasteiger partial charge on any atom is 0.422 e. The summed E-state index contributed by atoms with van der Waals surface area (Å²) >= 11 is 0. The number of alkyl halides is 3. The topological polar surface area (TPSA) is 58.5 Å². The van der Waals surface area contributed by atoms with Crippen molar-refractivity contribution in [2.24, 2.45) is 4.99 Å². The third kappa shape index (κ3) is 6.19. The Balaban J connectivity index is 1.86. The summed E-state index contributed by atoms with van der Waals surface area (Å²) in [6.07, 6.45) is -0.593. The minimum absolute atomic E-state index is 0.0481. The second kappa shape index (κ2) is 7.33. The monoisotopic (exact) mass is 316 g/mol. The predicted molar refractivity (Wildman–Crippen MR) is 76.8 cm³/mol. The number of rotatable bonds is 6. The predicted octanol–water partition coefficient (Wildman–Crippen LogP) is 2.24. The van der Waals surface area contributed by atoms with Gasteiger partial charge in [-0.2, -0.15) is 13.2 Å². The van der Waals surface area contributed by atoms with Crippen LogP contribution in [-0.2, 0) is 6.54 Å². The van der Waals surface area contributed by atoms with Crippen LogP contribution in [0.15, 0.2) is 23.3 Å². The Bertz CT molecular complexity index is 498. The van der Waals surface area contributed by atoms with Crippen LogP contribution in [0.25, 0.3) is 0 Å². The van der Waals surface area contributed by atoms with E-state index in [0.29, 0.717) is 12.6 Å². The molecule has 0 aliphatic heterocycles.